The average Bonchev–Trinajstić information content (AvgIpc) is 2.94. The van der Waals surface area contributed by atoms with Crippen LogP contribution in [0.4, 0.5) is 22.7 Å². The van der Waals surface area contributed by atoms with Crippen LogP contribution in [0, 0.1) is 13.8 Å². The highest BCUT2D eigenvalue weighted by Gasteiger charge is 2.28. The predicted octanol–water partition coefficient (Wildman–Crippen LogP) is 5.72. The maximum absolute atomic E-state index is 13.0. The minimum absolute atomic E-state index is 0.180. The number of carbonyl (C=O) groups is 3. The number of fused-ring (bicyclic) bond motifs is 3. The Morgan fingerprint density at radius 2 is 1.56 bits per heavy atom. The van der Waals surface area contributed by atoms with Crippen molar-refractivity contribution >= 4 is 51.2 Å². The minimum Gasteiger partial charge on any atom is -0.323 e. The third-order valence-corrected chi connectivity index (χ3v) is 6.07. The summed E-state index contributed by atoms with van der Waals surface area (Å²) in [6.45, 7) is 3.82. The molecule has 0 saturated heterocycles. The van der Waals surface area contributed by atoms with E-state index < -0.39 is 0 Å². The monoisotopic (exact) mass is 449 g/mol. The van der Waals surface area contributed by atoms with Gasteiger partial charge in [-0.1, -0.05) is 48.5 Å². The fourth-order valence-electron chi connectivity index (χ4n) is 4.46. The fourth-order valence-corrected chi connectivity index (χ4v) is 4.46. The van der Waals surface area contributed by atoms with Crippen molar-refractivity contribution in [3.05, 3.63) is 95.6 Å². The Morgan fingerprint density at radius 1 is 0.853 bits per heavy atom. The number of rotatable bonds is 3. The second kappa shape index (κ2) is 8.48. The third-order valence-electron chi connectivity index (χ3n) is 6.07. The van der Waals surface area contributed by atoms with Crippen LogP contribution in [-0.4, -0.2) is 17.7 Å². The SMILES string of the molecule is Cc1cccc(C)c1C(=O)Nc1ccc(N2C(=O)CC(=O)Nc3c2ccc2ccccc32)cc1. The van der Waals surface area contributed by atoms with E-state index in [-0.39, 0.29) is 24.1 Å². The van der Waals surface area contributed by atoms with Crippen LogP contribution in [0.1, 0.15) is 27.9 Å². The second-order valence-corrected chi connectivity index (χ2v) is 8.40. The normalized spacial score (nSPS) is 13.3. The molecule has 6 heteroatoms. The van der Waals surface area contributed by atoms with Gasteiger partial charge < -0.3 is 10.6 Å². The number of nitrogens with zero attached hydrogens (tertiary/aromatic N) is 1. The molecule has 2 N–H and O–H groups in total. The second-order valence-electron chi connectivity index (χ2n) is 8.40. The van der Waals surface area contributed by atoms with Crippen molar-refractivity contribution in [3.63, 3.8) is 0 Å². The lowest BCUT2D eigenvalue weighted by molar-refractivity contribution is -0.124. The van der Waals surface area contributed by atoms with E-state index in [4.69, 9.17) is 0 Å². The van der Waals surface area contributed by atoms with E-state index in [2.05, 4.69) is 10.6 Å². The summed E-state index contributed by atoms with van der Waals surface area (Å²) in [5.41, 5.74) is 4.92. The van der Waals surface area contributed by atoms with Crippen molar-refractivity contribution in [1.82, 2.24) is 0 Å². The largest absolute Gasteiger partial charge is 0.323 e. The van der Waals surface area contributed by atoms with Crippen molar-refractivity contribution in [3.8, 4) is 0 Å². The molecule has 1 aliphatic rings. The van der Waals surface area contributed by atoms with Gasteiger partial charge in [0.05, 0.1) is 11.4 Å². The van der Waals surface area contributed by atoms with E-state index in [1.165, 1.54) is 0 Å². The first-order chi connectivity index (χ1) is 16.4. The average molecular weight is 450 g/mol. The van der Waals surface area contributed by atoms with Crippen LogP contribution in [0.3, 0.4) is 0 Å². The van der Waals surface area contributed by atoms with Gasteiger partial charge >= 0.3 is 0 Å². The Hall–Kier alpha value is -4.45. The molecule has 0 aliphatic carbocycles. The lowest BCUT2D eigenvalue weighted by Gasteiger charge is -2.23. The lowest BCUT2D eigenvalue weighted by Crippen LogP contribution is -2.26. The zero-order valence-corrected chi connectivity index (χ0v) is 18.9. The van der Waals surface area contributed by atoms with Gasteiger partial charge in [-0.3, -0.25) is 19.3 Å². The van der Waals surface area contributed by atoms with Gasteiger partial charge in [-0.2, -0.15) is 0 Å². The highest BCUT2D eigenvalue weighted by atomic mass is 16.2. The third kappa shape index (κ3) is 3.79. The van der Waals surface area contributed by atoms with Crippen LogP contribution in [0.5, 0.6) is 0 Å². The van der Waals surface area contributed by atoms with Gasteiger partial charge in [-0.05, 0) is 60.7 Å². The first-order valence-corrected chi connectivity index (χ1v) is 11.0. The quantitative estimate of drug-likeness (QED) is 0.393. The summed E-state index contributed by atoms with van der Waals surface area (Å²) in [5, 5.41) is 7.68. The molecule has 0 saturated carbocycles. The molecule has 168 valence electrons. The van der Waals surface area contributed by atoms with Crippen molar-refractivity contribution in [1.29, 1.82) is 0 Å². The molecular weight excluding hydrogens is 426 g/mol. The Kier molecular flexibility index (Phi) is 5.34. The Labute approximate surface area is 197 Å². The maximum atomic E-state index is 13.0. The summed E-state index contributed by atoms with van der Waals surface area (Å²) in [5.74, 6) is -0.845. The van der Waals surface area contributed by atoms with E-state index >= 15 is 0 Å². The first-order valence-electron chi connectivity index (χ1n) is 11.0. The number of aryl methyl sites for hydroxylation is 2. The molecule has 4 aromatic carbocycles. The van der Waals surface area contributed by atoms with E-state index in [0.29, 0.717) is 28.3 Å². The van der Waals surface area contributed by atoms with E-state index in [1.807, 2.05) is 68.4 Å². The molecule has 0 fully saturated rings. The molecule has 3 amide bonds. The number of carbonyl (C=O) groups excluding carboxylic acids is 3. The number of benzene rings is 4. The number of hydrogen-bond acceptors (Lipinski definition) is 3. The molecule has 0 aromatic heterocycles. The minimum atomic E-state index is -0.345. The van der Waals surface area contributed by atoms with Crippen molar-refractivity contribution in [2.24, 2.45) is 0 Å². The molecule has 1 heterocycles. The van der Waals surface area contributed by atoms with Gasteiger partial charge in [-0.15, -0.1) is 0 Å². The molecule has 1 aliphatic heterocycles. The molecule has 0 radical (unpaired) electrons. The molecule has 0 atom stereocenters. The van der Waals surface area contributed by atoms with Crippen LogP contribution in [0.15, 0.2) is 78.9 Å². The molecule has 4 aromatic rings. The van der Waals surface area contributed by atoms with Crippen molar-refractivity contribution < 1.29 is 14.4 Å². The van der Waals surface area contributed by atoms with Gasteiger partial charge in [0.25, 0.3) is 5.91 Å². The van der Waals surface area contributed by atoms with Crippen molar-refractivity contribution in [2.45, 2.75) is 20.3 Å². The highest BCUT2D eigenvalue weighted by molar-refractivity contribution is 6.21. The summed E-state index contributed by atoms with van der Waals surface area (Å²) in [4.78, 5) is 39.9. The number of nitrogens with one attached hydrogen (secondary N) is 2. The highest BCUT2D eigenvalue weighted by Crippen LogP contribution is 2.40. The van der Waals surface area contributed by atoms with Gasteiger partial charge in [-0.25, -0.2) is 0 Å². The summed E-state index contributed by atoms with van der Waals surface area (Å²) in [6.07, 6.45) is -0.256. The topological polar surface area (TPSA) is 78.5 Å². The number of anilines is 4. The zero-order valence-electron chi connectivity index (χ0n) is 18.9. The smallest absolute Gasteiger partial charge is 0.256 e. The van der Waals surface area contributed by atoms with E-state index in [9.17, 15) is 14.4 Å². The maximum Gasteiger partial charge on any atom is 0.256 e. The molecule has 0 spiro atoms. The van der Waals surface area contributed by atoms with Crippen LogP contribution in [0.2, 0.25) is 0 Å². The summed E-state index contributed by atoms with van der Waals surface area (Å²) < 4.78 is 0. The molecule has 0 unspecified atom stereocenters. The zero-order chi connectivity index (χ0) is 23.8. The van der Waals surface area contributed by atoms with Gasteiger partial charge in [0.1, 0.15) is 6.42 Å². The van der Waals surface area contributed by atoms with E-state index in [1.54, 1.807) is 29.2 Å². The van der Waals surface area contributed by atoms with Gasteiger partial charge in [0.15, 0.2) is 0 Å². The summed E-state index contributed by atoms with van der Waals surface area (Å²) in [7, 11) is 0. The van der Waals surface area contributed by atoms with Crippen LogP contribution in [-0.2, 0) is 9.59 Å². The Bertz CT molecular complexity index is 1440. The number of hydrogen-bond donors (Lipinski definition) is 2. The van der Waals surface area contributed by atoms with Gasteiger partial charge in [0.2, 0.25) is 11.8 Å². The Morgan fingerprint density at radius 3 is 2.29 bits per heavy atom. The number of amides is 3. The summed E-state index contributed by atoms with van der Waals surface area (Å²) >= 11 is 0. The standard InChI is InChI=1S/C28H23N3O3/c1-17-6-5-7-18(2)26(17)28(34)29-20-11-13-21(14-12-20)31-23-15-10-19-8-3-4-9-22(19)27(23)30-24(32)16-25(31)33/h3-15H,16H2,1-2H3,(H,29,34)(H,30,32). The fraction of sp³-hybridized carbons (Fsp3) is 0.107. The molecule has 0 bridgehead atoms. The van der Waals surface area contributed by atoms with E-state index in [0.717, 1.165) is 21.9 Å². The Balaban J connectivity index is 1.49. The van der Waals surface area contributed by atoms with Gasteiger partial charge in [0, 0.05) is 22.3 Å². The predicted molar refractivity (Wildman–Crippen MR) is 135 cm³/mol. The molecule has 5 rings (SSSR count). The molecule has 6 nitrogen and oxygen atoms in total. The summed E-state index contributed by atoms with van der Waals surface area (Å²) in [6, 6.07) is 24.3. The first kappa shape index (κ1) is 21.4. The lowest BCUT2D eigenvalue weighted by atomic mass is 10.0. The van der Waals surface area contributed by atoms with Crippen LogP contribution in [0.25, 0.3) is 10.8 Å². The molecular formula is C28H23N3O3. The van der Waals surface area contributed by atoms with Crippen LogP contribution >= 0.6 is 0 Å². The van der Waals surface area contributed by atoms with Crippen molar-refractivity contribution in [2.75, 3.05) is 15.5 Å². The van der Waals surface area contributed by atoms with Crippen LogP contribution < -0.4 is 15.5 Å². The molecule has 34 heavy (non-hydrogen) atoms.